The van der Waals surface area contributed by atoms with Crippen LogP contribution in [-0.2, 0) is 24.2 Å². The van der Waals surface area contributed by atoms with E-state index in [1.807, 2.05) is 39.4 Å². The number of aryl methyl sites for hydroxylation is 2. The number of hydrogen-bond donors (Lipinski definition) is 1. The quantitative estimate of drug-likeness (QED) is 0.354. The van der Waals surface area contributed by atoms with Gasteiger partial charge in [-0.25, -0.2) is 0 Å². The maximum Gasteiger partial charge on any atom is 0.273 e. The summed E-state index contributed by atoms with van der Waals surface area (Å²) in [5, 5.41) is 16.1. The van der Waals surface area contributed by atoms with Crippen molar-refractivity contribution in [2.45, 2.75) is 31.0 Å². The molecule has 10 heteroatoms. The van der Waals surface area contributed by atoms with Crippen LogP contribution in [-0.4, -0.2) is 30.8 Å². The summed E-state index contributed by atoms with van der Waals surface area (Å²) in [5.41, 5.74) is 4.24. The lowest BCUT2D eigenvalue weighted by Crippen LogP contribution is -2.22. The molecule has 1 aliphatic carbocycles. The van der Waals surface area contributed by atoms with Crippen molar-refractivity contribution in [1.82, 2.24) is 19.2 Å². The molecule has 0 saturated carbocycles. The molecular formula is C23H19N5O2S3. The van der Waals surface area contributed by atoms with E-state index in [0.717, 1.165) is 28.9 Å². The molecule has 0 saturated heterocycles. The molecule has 1 aromatic carbocycles. The van der Waals surface area contributed by atoms with Crippen molar-refractivity contribution < 1.29 is 4.79 Å². The van der Waals surface area contributed by atoms with E-state index in [9.17, 15) is 9.59 Å². The minimum atomic E-state index is -0.0943. The second-order valence-electron chi connectivity index (χ2n) is 7.90. The minimum absolute atomic E-state index is 0.0702. The number of thiophene rings is 2. The van der Waals surface area contributed by atoms with Crippen molar-refractivity contribution >= 4 is 62.0 Å². The first-order chi connectivity index (χ1) is 16.2. The number of amides is 1. The monoisotopic (exact) mass is 493 g/mol. The van der Waals surface area contributed by atoms with Gasteiger partial charge in [0.05, 0.1) is 17.8 Å². The Morgan fingerprint density at radius 3 is 2.88 bits per heavy atom. The van der Waals surface area contributed by atoms with E-state index in [2.05, 4.69) is 27.6 Å². The summed E-state index contributed by atoms with van der Waals surface area (Å²) in [7, 11) is 0. The standard InChI is InChI=1S/C23H19N5O2S3/c29-19(24-16-7-6-14-3-1-4-15(14)11-16)13-33-23-26-25-22-27(12-17-5-2-9-31-17)21(30)20-18(28(22)23)8-10-32-20/h2,5-11H,1,3-4,12-13H2,(H,24,29). The normalized spacial score (nSPS) is 13.1. The lowest BCUT2D eigenvalue weighted by atomic mass is 10.1. The number of thioether (sulfide) groups is 1. The van der Waals surface area contributed by atoms with Crippen molar-refractivity contribution in [1.29, 1.82) is 0 Å². The predicted molar refractivity (Wildman–Crippen MR) is 134 cm³/mol. The highest BCUT2D eigenvalue weighted by atomic mass is 32.2. The average Bonchev–Trinajstić information content (AvgIpc) is 3.60. The zero-order valence-corrected chi connectivity index (χ0v) is 19.9. The zero-order chi connectivity index (χ0) is 22.4. The van der Waals surface area contributed by atoms with Gasteiger partial charge in [-0.2, -0.15) is 0 Å². The van der Waals surface area contributed by atoms with Gasteiger partial charge in [0.1, 0.15) is 4.70 Å². The van der Waals surface area contributed by atoms with Crippen molar-refractivity contribution in [2.24, 2.45) is 0 Å². The van der Waals surface area contributed by atoms with E-state index in [-0.39, 0.29) is 17.2 Å². The van der Waals surface area contributed by atoms with Crippen molar-refractivity contribution in [2.75, 3.05) is 11.1 Å². The molecule has 0 radical (unpaired) electrons. The zero-order valence-electron chi connectivity index (χ0n) is 17.5. The number of rotatable bonds is 6. The molecular weight excluding hydrogens is 474 g/mol. The summed E-state index contributed by atoms with van der Waals surface area (Å²) in [6.07, 6.45) is 3.37. The largest absolute Gasteiger partial charge is 0.325 e. The Labute approximate surface area is 201 Å². The van der Waals surface area contributed by atoms with Crippen molar-refractivity contribution in [3.63, 3.8) is 0 Å². The first-order valence-corrected chi connectivity index (χ1v) is 13.3. The molecule has 0 spiro atoms. The number of nitrogens with one attached hydrogen (secondary N) is 1. The fourth-order valence-corrected chi connectivity index (χ4v) is 6.53. The summed E-state index contributed by atoms with van der Waals surface area (Å²) in [6, 6.07) is 12.0. The Balaban J connectivity index is 1.28. The summed E-state index contributed by atoms with van der Waals surface area (Å²) in [6.45, 7) is 0.440. The molecule has 33 heavy (non-hydrogen) atoms. The summed E-state index contributed by atoms with van der Waals surface area (Å²) in [4.78, 5) is 26.8. The van der Waals surface area contributed by atoms with E-state index in [1.54, 1.807) is 15.9 Å². The first kappa shape index (κ1) is 20.6. The highest BCUT2D eigenvalue weighted by Crippen LogP contribution is 2.27. The molecule has 6 rings (SSSR count). The van der Waals surface area contributed by atoms with Gasteiger partial charge in [0.25, 0.3) is 5.56 Å². The molecule has 0 fully saturated rings. The second-order valence-corrected chi connectivity index (χ2v) is 10.8. The molecule has 0 atom stereocenters. The van der Waals surface area contributed by atoms with Crippen molar-refractivity contribution in [3.8, 4) is 0 Å². The van der Waals surface area contributed by atoms with E-state index in [0.29, 0.717) is 22.2 Å². The van der Waals surface area contributed by atoms with Gasteiger partial charge < -0.3 is 5.32 Å². The predicted octanol–water partition coefficient (Wildman–Crippen LogP) is 4.44. The summed E-state index contributed by atoms with van der Waals surface area (Å²) in [5.74, 6) is 0.595. The number of nitrogens with zero attached hydrogens (tertiary/aromatic N) is 4. The van der Waals surface area contributed by atoms with Gasteiger partial charge in [0.15, 0.2) is 5.16 Å². The molecule has 166 valence electrons. The molecule has 1 amide bonds. The van der Waals surface area contributed by atoms with Crippen LogP contribution in [0.2, 0.25) is 0 Å². The van der Waals surface area contributed by atoms with Crippen LogP contribution in [0.1, 0.15) is 22.4 Å². The number of carbonyl (C=O) groups excluding carboxylic acids is 1. The maximum absolute atomic E-state index is 13.1. The Hall–Kier alpha value is -2.95. The van der Waals surface area contributed by atoms with Crippen LogP contribution >= 0.6 is 34.4 Å². The minimum Gasteiger partial charge on any atom is -0.325 e. The van der Waals surface area contributed by atoms with Gasteiger partial charge in [-0.15, -0.1) is 32.9 Å². The fourth-order valence-electron chi connectivity index (χ4n) is 4.27. The molecule has 0 aliphatic heterocycles. The first-order valence-electron chi connectivity index (χ1n) is 10.6. The molecule has 0 bridgehead atoms. The van der Waals surface area contributed by atoms with Crippen LogP contribution in [0.15, 0.2) is 57.1 Å². The topological polar surface area (TPSA) is 81.3 Å². The van der Waals surface area contributed by atoms with Crippen LogP contribution in [0.3, 0.4) is 0 Å². The molecule has 4 aromatic heterocycles. The lowest BCUT2D eigenvalue weighted by molar-refractivity contribution is -0.113. The number of anilines is 1. The second kappa shape index (κ2) is 8.44. The van der Waals surface area contributed by atoms with E-state index >= 15 is 0 Å². The van der Waals surface area contributed by atoms with E-state index < -0.39 is 0 Å². The van der Waals surface area contributed by atoms with E-state index in [4.69, 9.17) is 0 Å². The Morgan fingerprint density at radius 1 is 1.09 bits per heavy atom. The third kappa shape index (κ3) is 3.77. The number of fused-ring (bicyclic) bond motifs is 4. The lowest BCUT2D eigenvalue weighted by Gasteiger charge is -2.09. The molecule has 1 aliphatic rings. The van der Waals surface area contributed by atoms with Gasteiger partial charge in [-0.05, 0) is 65.4 Å². The molecule has 4 heterocycles. The van der Waals surface area contributed by atoms with Gasteiger partial charge in [0.2, 0.25) is 11.7 Å². The van der Waals surface area contributed by atoms with Crippen LogP contribution in [0.4, 0.5) is 5.69 Å². The third-order valence-corrected chi connectivity index (χ3v) is 8.47. The van der Waals surface area contributed by atoms with Gasteiger partial charge in [-0.3, -0.25) is 18.6 Å². The SMILES string of the molecule is O=C(CSc1nnc2n(Cc3cccs3)c(=O)c3sccc3n12)Nc1ccc2c(c1)CCC2. The Kier molecular flexibility index (Phi) is 5.28. The van der Waals surface area contributed by atoms with E-state index in [1.165, 1.54) is 40.6 Å². The smallest absolute Gasteiger partial charge is 0.273 e. The number of carbonyl (C=O) groups is 1. The van der Waals surface area contributed by atoms with Gasteiger partial charge >= 0.3 is 0 Å². The highest BCUT2D eigenvalue weighted by molar-refractivity contribution is 7.99. The number of benzene rings is 1. The Bertz CT molecular complexity index is 1550. The van der Waals surface area contributed by atoms with Gasteiger partial charge in [0, 0.05) is 10.6 Å². The average molecular weight is 494 g/mol. The van der Waals surface area contributed by atoms with Crippen LogP contribution < -0.4 is 10.9 Å². The maximum atomic E-state index is 13.1. The highest BCUT2D eigenvalue weighted by Gasteiger charge is 2.19. The molecule has 0 unspecified atom stereocenters. The van der Waals surface area contributed by atoms with Crippen LogP contribution in [0, 0.1) is 0 Å². The molecule has 1 N–H and O–H groups in total. The summed E-state index contributed by atoms with van der Waals surface area (Å²) >= 11 is 4.33. The third-order valence-electron chi connectivity index (χ3n) is 5.79. The summed E-state index contributed by atoms with van der Waals surface area (Å²) < 4.78 is 4.20. The number of aromatic nitrogens is 4. The molecule has 5 aromatic rings. The van der Waals surface area contributed by atoms with Gasteiger partial charge in [-0.1, -0.05) is 23.9 Å². The molecule has 7 nitrogen and oxygen atoms in total. The number of hydrogen-bond acceptors (Lipinski definition) is 7. The fraction of sp³-hybridized carbons (Fsp3) is 0.217. The van der Waals surface area contributed by atoms with Crippen LogP contribution in [0.25, 0.3) is 16.0 Å². The van der Waals surface area contributed by atoms with Crippen LogP contribution in [0.5, 0.6) is 0 Å². The Morgan fingerprint density at radius 2 is 2.00 bits per heavy atom. The van der Waals surface area contributed by atoms with Crippen molar-refractivity contribution in [3.05, 3.63) is 73.5 Å².